The van der Waals surface area contributed by atoms with Crippen LogP contribution in [0.15, 0.2) is 0 Å². The molecule has 2 heterocycles. The molecule has 3 unspecified atom stereocenters. The smallest absolute Gasteiger partial charge is 0.323 e. The number of rotatable bonds is 5. The van der Waals surface area contributed by atoms with Gasteiger partial charge < -0.3 is 14.7 Å². The molecular formula is C13H21NO6S. The molecule has 21 heavy (non-hydrogen) atoms. The summed E-state index contributed by atoms with van der Waals surface area (Å²) in [5.41, 5.74) is 0. The Hall–Kier alpha value is -1.15. The number of amides is 1. The lowest BCUT2D eigenvalue weighted by Crippen LogP contribution is -2.48. The molecule has 2 saturated heterocycles. The second kappa shape index (κ2) is 6.31. The van der Waals surface area contributed by atoms with Gasteiger partial charge in [-0.25, -0.2) is 8.42 Å². The van der Waals surface area contributed by atoms with Crippen LogP contribution in [0.1, 0.15) is 26.2 Å². The largest absolute Gasteiger partial charge is 0.480 e. The van der Waals surface area contributed by atoms with Crippen LogP contribution in [0.3, 0.4) is 0 Å². The lowest BCUT2D eigenvalue weighted by Gasteiger charge is -2.30. The lowest BCUT2D eigenvalue weighted by molar-refractivity contribution is -0.149. The van der Waals surface area contributed by atoms with E-state index in [1.807, 2.05) is 6.92 Å². The number of carbonyl (C=O) groups is 2. The van der Waals surface area contributed by atoms with E-state index < -0.39 is 28.4 Å². The Bertz CT molecular complexity index is 517. The van der Waals surface area contributed by atoms with E-state index >= 15 is 0 Å². The first-order valence-corrected chi connectivity index (χ1v) is 9.00. The predicted octanol–water partition coefficient (Wildman–Crippen LogP) is -0.0982. The Balaban J connectivity index is 2.16. The van der Waals surface area contributed by atoms with Crippen molar-refractivity contribution in [3.8, 4) is 0 Å². The van der Waals surface area contributed by atoms with Crippen LogP contribution in [-0.4, -0.2) is 67.1 Å². The van der Waals surface area contributed by atoms with E-state index in [-0.39, 0.29) is 29.4 Å². The van der Waals surface area contributed by atoms with Crippen molar-refractivity contribution in [2.45, 2.75) is 38.3 Å². The fourth-order valence-electron chi connectivity index (χ4n) is 3.10. The number of carboxylic acids is 1. The van der Waals surface area contributed by atoms with Crippen LogP contribution in [0.5, 0.6) is 0 Å². The topological polar surface area (TPSA) is 101 Å². The van der Waals surface area contributed by atoms with E-state index in [9.17, 15) is 18.0 Å². The van der Waals surface area contributed by atoms with Gasteiger partial charge in [0.25, 0.3) is 0 Å². The van der Waals surface area contributed by atoms with Crippen LogP contribution in [0.4, 0.5) is 0 Å². The highest BCUT2D eigenvalue weighted by Gasteiger charge is 2.41. The van der Waals surface area contributed by atoms with Crippen molar-refractivity contribution in [3.05, 3.63) is 0 Å². The molecule has 1 amide bonds. The van der Waals surface area contributed by atoms with Crippen LogP contribution in [0.2, 0.25) is 0 Å². The van der Waals surface area contributed by atoms with Gasteiger partial charge in [0.15, 0.2) is 9.84 Å². The number of hydrogen-bond acceptors (Lipinski definition) is 5. The summed E-state index contributed by atoms with van der Waals surface area (Å²) < 4.78 is 28.7. The number of carbonyl (C=O) groups excluding carboxylic acids is 1. The van der Waals surface area contributed by atoms with Crippen molar-refractivity contribution in [2.75, 3.05) is 24.7 Å². The summed E-state index contributed by atoms with van der Waals surface area (Å²) >= 11 is 0. The van der Waals surface area contributed by atoms with Gasteiger partial charge in [0.1, 0.15) is 6.54 Å². The molecule has 0 saturated carbocycles. The Kier molecular flexibility index (Phi) is 4.88. The number of sulfone groups is 1. The third-order valence-corrected chi connectivity index (χ3v) is 5.92. The van der Waals surface area contributed by atoms with Gasteiger partial charge in [-0.15, -0.1) is 0 Å². The monoisotopic (exact) mass is 319 g/mol. The van der Waals surface area contributed by atoms with E-state index in [0.717, 1.165) is 0 Å². The predicted molar refractivity (Wildman–Crippen MR) is 74.5 cm³/mol. The van der Waals surface area contributed by atoms with Gasteiger partial charge in [-0.1, -0.05) is 6.92 Å². The molecule has 2 aliphatic heterocycles. The highest BCUT2D eigenvalue weighted by atomic mass is 32.2. The van der Waals surface area contributed by atoms with Crippen LogP contribution < -0.4 is 0 Å². The molecule has 0 aromatic carbocycles. The normalized spacial score (nSPS) is 31.2. The first-order chi connectivity index (χ1) is 9.84. The van der Waals surface area contributed by atoms with Gasteiger partial charge in [0, 0.05) is 12.6 Å². The summed E-state index contributed by atoms with van der Waals surface area (Å²) in [6.07, 6.45) is 1.35. The molecule has 0 bridgehead atoms. The van der Waals surface area contributed by atoms with Crippen molar-refractivity contribution in [1.29, 1.82) is 0 Å². The number of aliphatic carboxylic acids is 1. The zero-order valence-corrected chi connectivity index (χ0v) is 12.8. The maximum absolute atomic E-state index is 12.6. The minimum absolute atomic E-state index is 0.0133. The third-order valence-electron chi connectivity index (χ3n) is 4.17. The minimum Gasteiger partial charge on any atom is -0.480 e. The maximum atomic E-state index is 12.6. The summed E-state index contributed by atoms with van der Waals surface area (Å²) in [4.78, 5) is 24.9. The van der Waals surface area contributed by atoms with E-state index in [2.05, 4.69) is 0 Å². The maximum Gasteiger partial charge on any atom is 0.323 e. The van der Waals surface area contributed by atoms with E-state index in [4.69, 9.17) is 9.84 Å². The summed E-state index contributed by atoms with van der Waals surface area (Å²) in [7, 11) is -3.17. The molecular weight excluding hydrogens is 298 g/mol. The van der Waals surface area contributed by atoms with E-state index in [0.29, 0.717) is 25.9 Å². The second-order valence-corrected chi connectivity index (χ2v) is 7.86. The molecule has 0 aliphatic carbocycles. The fraction of sp³-hybridized carbons (Fsp3) is 0.846. The van der Waals surface area contributed by atoms with E-state index in [1.165, 1.54) is 4.90 Å². The summed E-state index contributed by atoms with van der Waals surface area (Å²) in [5, 5.41) is 9.01. The van der Waals surface area contributed by atoms with Crippen molar-refractivity contribution in [3.63, 3.8) is 0 Å². The van der Waals surface area contributed by atoms with Crippen molar-refractivity contribution < 1.29 is 27.9 Å². The lowest BCUT2D eigenvalue weighted by atomic mass is 9.97. The fourth-order valence-corrected chi connectivity index (χ4v) is 4.83. The zero-order chi connectivity index (χ0) is 15.6. The number of hydrogen-bond donors (Lipinski definition) is 1. The van der Waals surface area contributed by atoms with Crippen molar-refractivity contribution >= 4 is 21.7 Å². The molecule has 3 atom stereocenters. The standard InChI is InChI=1S/C13H21NO6S/c1-2-11-10(3-5-20-11)13(17)14(7-12(15)16)9-4-6-21(18,19)8-9/h9-11H,2-8H2,1H3,(H,15,16). The summed E-state index contributed by atoms with van der Waals surface area (Å²) in [6.45, 7) is 1.95. The molecule has 2 aliphatic rings. The Morgan fingerprint density at radius 2 is 2.05 bits per heavy atom. The highest BCUT2D eigenvalue weighted by Crippen LogP contribution is 2.28. The zero-order valence-electron chi connectivity index (χ0n) is 12.0. The van der Waals surface area contributed by atoms with Crippen molar-refractivity contribution in [2.24, 2.45) is 5.92 Å². The molecule has 1 N–H and O–H groups in total. The summed E-state index contributed by atoms with van der Waals surface area (Å²) in [5.74, 6) is -1.91. The second-order valence-electron chi connectivity index (χ2n) is 5.63. The first kappa shape index (κ1) is 16.2. The molecule has 2 rings (SSSR count). The summed E-state index contributed by atoms with van der Waals surface area (Å²) in [6, 6.07) is -0.531. The molecule has 2 fully saturated rings. The van der Waals surface area contributed by atoms with Gasteiger partial charge in [0.2, 0.25) is 5.91 Å². The average molecular weight is 319 g/mol. The van der Waals surface area contributed by atoms with Crippen molar-refractivity contribution in [1.82, 2.24) is 4.90 Å². The molecule has 0 aromatic rings. The Morgan fingerprint density at radius 1 is 1.33 bits per heavy atom. The van der Waals surface area contributed by atoms with Gasteiger partial charge in [0.05, 0.1) is 23.5 Å². The van der Waals surface area contributed by atoms with E-state index in [1.54, 1.807) is 0 Å². The van der Waals surface area contributed by atoms with Gasteiger partial charge in [-0.05, 0) is 19.3 Å². The first-order valence-electron chi connectivity index (χ1n) is 7.18. The minimum atomic E-state index is -3.17. The third kappa shape index (κ3) is 3.74. The Labute approximate surface area is 124 Å². The van der Waals surface area contributed by atoms with Crippen LogP contribution >= 0.6 is 0 Å². The van der Waals surface area contributed by atoms with Crippen LogP contribution in [0.25, 0.3) is 0 Å². The van der Waals surface area contributed by atoms with Crippen LogP contribution in [-0.2, 0) is 24.2 Å². The number of carboxylic acid groups (broad SMARTS) is 1. The van der Waals surface area contributed by atoms with Crippen LogP contribution in [0, 0.1) is 5.92 Å². The molecule has 0 aromatic heterocycles. The van der Waals surface area contributed by atoms with Gasteiger partial charge in [-0.2, -0.15) is 0 Å². The number of ether oxygens (including phenoxy) is 1. The molecule has 7 nitrogen and oxygen atoms in total. The average Bonchev–Trinajstić information content (AvgIpc) is 3.00. The SMILES string of the molecule is CCC1OCCC1C(=O)N(CC(=O)O)C1CCS(=O)(=O)C1. The molecule has 0 radical (unpaired) electrons. The highest BCUT2D eigenvalue weighted by molar-refractivity contribution is 7.91. The number of nitrogens with zero attached hydrogens (tertiary/aromatic N) is 1. The molecule has 120 valence electrons. The Morgan fingerprint density at radius 3 is 2.57 bits per heavy atom. The molecule has 8 heteroatoms. The van der Waals surface area contributed by atoms with Gasteiger partial charge in [-0.3, -0.25) is 9.59 Å². The molecule has 0 spiro atoms. The van der Waals surface area contributed by atoms with Gasteiger partial charge >= 0.3 is 5.97 Å². The quantitative estimate of drug-likeness (QED) is 0.759.